The summed E-state index contributed by atoms with van der Waals surface area (Å²) in [5.41, 5.74) is 4.48. The molecule has 8 N–H and O–H groups in total. The van der Waals surface area contributed by atoms with Crippen molar-refractivity contribution >= 4 is 41.4 Å². The number of hydrogen-bond acceptors (Lipinski definition) is 7. The van der Waals surface area contributed by atoms with Gasteiger partial charge in [-0.1, -0.05) is 27.7 Å². The van der Waals surface area contributed by atoms with Gasteiger partial charge in [-0.25, -0.2) is 0 Å². The van der Waals surface area contributed by atoms with E-state index >= 15 is 0 Å². The number of carbonyl (C=O) groups is 7. The second-order valence-electron chi connectivity index (χ2n) is 12.6. The number of nitrogens with one attached hydrogen (secondary N) is 5. The lowest BCUT2D eigenvalue weighted by Crippen LogP contribution is -2.60. The van der Waals surface area contributed by atoms with Crippen molar-refractivity contribution in [3.63, 3.8) is 0 Å². The molecule has 0 saturated heterocycles. The quantitative estimate of drug-likeness (QED) is 0.156. The van der Waals surface area contributed by atoms with Gasteiger partial charge < -0.3 is 37.4 Å². The van der Waals surface area contributed by atoms with Gasteiger partial charge in [-0.05, 0) is 56.8 Å². The van der Waals surface area contributed by atoms with Crippen LogP contribution in [0.15, 0.2) is 0 Å². The van der Waals surface area contributed by atoms with Crippen LogP contribution in [-0.4, -0.2) is 77.7 Å². The summed E-state index contributed by atoms with van der Waals surface area (Å²) in [6.45, 7) is 10.3. The molecule has 2 aliphatic carbocycles. The molecule has 0 aromatic heterocycles. The van der Waals surface area contributed by atoms with Crippen LogP contribution in [0, 0.1) is 23.2 Å². The van der Waals surface area contributed by atoms with Crippen LogP contribution < -0.4 is 32.3 Å². The molecule has 2 aliphatic rings. The van der Waals surface area contributed by atoms with Gasteiger partial charge in [0.15, 0.2) is 0 Å². The van der Waals surface area contributed by atoms with Gasteiger partial charge in [-0.2, -0.15) is 0 Å². The summed E-state index contributed by atoms with van der Waals surface area (Å²) in [6, 6.07) is -1.36. The fraction of sp³-hybridized carbons (Fsp3) is 0.750. The predicted octanol–water partition coefficient (Wildman–Crippen LogP) is -0.447. The van der Waals surface area contributed by atoms with Crippen LogP contribution in [0.2, 0.25) is 0 Å². The van der Waals surface area contributed by atoms with Crippen molar-refractivity contribution in [2.75, 3.05) is 19.6 Å². The molecule has 238 valence electrons. The molecule has 2 rings (SSSR count). The predicted molar refractivity (Wildman–Crippen MR) is 153 cm³/mol. The molecule has 0 aromatic rings. The van der Waals surface area contributed by atoms with Crippen molar-refractivity contribution < 1.29 is 38.7 Å². The summed E-state index contributed by atoms with van der Waals surface area (Å²) >= 11 is 0. The third-order valence-corrected chi connectivity index (χ3v) is 6.97. The lowest BCUT2D eigenvalue weighted by molar-refractivity contribution is -0.140. The number of fused-ring (bicyclic) bond motifs is 2. The third kappa shape index (κ3) is 12.9. The number of carboxylic acids is 1. The molecule has 42 heavy (non-hydrogen) atoms. The molecule has 0 radical (unpaired) electrons. The van der Waals surface area contributed by atoms with Gasteiger partial charge in [0.25, 0.3) is 0 Å². The molecule has 14 heteroatoms. The maximum Gasteiger partial charge on any atom is 0.305 e. The molecule has 0 aromatic carbocycles. The Morgan fingerprint density at radius 3 is 1.90 bits per heavy atom. The summed E-state index contributed by atoms with van der Waals surface area (Å²) in [6.07, 6.45) is 2.86. The maximum atomic E-state index is 12.6. The van der Waals surface area contributed by atoms with E-state index in [4.69, 9.17) is 10.8 Å². The standard InChI is InChI=1S/C24H38N6O8.C4H10/c1-13-4-15-7-23(3,12-24(6-13,8-15)22(25)38)30-19(34)11-27-17(32)9-26-18(33)10-28-21(37)16(5-20(35)36)29-14(2)31;1-4(2)3/h13,15-16H,4-12H2,1-3H3,(H2,25,38)(H,26,33)(H,27,32)(H,28,37)(H,29,31)(H,30,34)(H,35,36);4H,1-3H3/t13?,15-,16?,23+,24?;/m1./s1. The summed E-state index contributed by atoms with van der Waals surface area (Å²) in [4.78, 5) is 82.9. The van der Waals surface area contributed by atoms with Gasteiger partial charge in [0.2, 0.25) is 35.4 Å². The molecule has 0 aliphatic heterocycles. The number of primary amides is 1. The van der Waals surface area contributed by atoms with Crippen LogP contribution in [-0.2, 0) is 33.6 Å². The molecule has 0 heterocycles. The first-order valence-electron chi connectivity index (χ1n) is 14.3. The topological polar surface area (TPSA) is 226 Å². The van der Waals surface area contributed by atoms with E-state index in [0.717, 1.165) is 25.7 Å². The first kappa shape index (κ1) is 36.3. The van der Waals surface area contributed by atoms with E-state index in [9.17, 15) is 33.6 Å². The Kier molecular flexibility index (Phi) is 13.9. The van der Waals surface area contributed by atoms with Crippen LogP contribution in [0.1, 0.15) is 80.1 Å². The smallest absolute Gasteiger partial charge is 0.305 e. The van der Waals surface area contributed by atoms with Crippen molar-refractivity contribution in [3.05, 3.63) is 0 Å². The number of amides is 6. The van der Waals surface area contributed by atoms with E-state index in [1.807, 2.05) is 6.92 Å². The summed E-state index contributed by atoms with van der Waals surface area (Å²) < 4.78 is 0. The number of rotatable bonds is 12. The fourth-order valence-corrected chi connectivity index (χ4v) is 5.96. The molecule has 2 bridgehead atoms. The zero-order valence-corrected chi connectivity index (χ0v) is 25.6. The summed E-state index contributed by atoms with van der Waals surface area (Å²) in [5.74, 6) is -3.47. The number of nitrogens with two attached hydrogens (primary N) is 1. The molecule has 14 nitrogen and oxygen atoms in total. The van der Waals surface area contributed by atoms with Crippen molar-refractivity contribution in [1.29, 1.82) is 0 Å². The van der Waals surface area contributed by atoms with Gasteiger partial charge >= 0.3 is 5.97 Å². The van der Waals surface area contributed by atoms with Crippen molar-refractivity contribution in [3.8, 4) is 0 Å². The average molecular weight is 597 g/mol. The Hall–Kier alpha value is -3.71. The Balaban J connectivity index is 0.00000206. The number of carboxylic acid groups (broad SMARTS) is 1. The zero-order chi connectivity index (χ0) is 32.3. The molecule has 0 spiro atoms. The van der Waals surface area contributed by atoms with Gasteiger partial charge in [0.05, 0.1) is 31.5 Å². The molecule has 2 saturated carbocycles. The van der Waals surface area contributed by atoms with Crippen LogP contribution >= 0.6 is 0 Å². The SMILES string of the molecule is CC(=O)NC(CC(=O)O)C(=O)NCC(=O)NCC(=O)NCC(=O)N[C@@]1(C)C[C@H]2CC(C)CC(C(N)=O)(C2)C1.CC(C)C. The lowest BCUT2D eigenvalue weighted by atomic mass is 9.54. The van der Waals surface area contributed by atoms with E-state index in [1.165, 1.54) is 0 Å². The lowest BCUT2D eigenvalue weighted by Gasteiger charge is -2.53. The summed E-state index contributed by atoms with van der Waals surface area (Å²) in [5, 5.41) is 20.8. The van der Waals surface area contributed by atoms with Crippen LogP contribution in [0.25, 0.3) is 0 Å². The minimum atomic E-state index is -1.36. The fourth-order valence-electron chi connectivity index (χ4n) is 5.96. The molecular weight excluding hydrogens is 548 g/mol. The number of aliphatic carboxylic acids is 1. The highest BCUT2D eigenvalue weighted by Crippen LogP contribution is 2.53. The van der Waals surface area contributed by atoms with E-state index in [0.29, 0.717) is 25.2 Å². The minimum absolute atomic E-state index is 0.272. The van der Waals surface area contributed by atoms with Crippen LogP contribution in [0.5, 0.6) is 0 Å². The number of carbonyl (C=O) groups excluding carboxylic acids is 6. The normalized spacial score (nSPS) is 25.0. The van der Waals surface area contributed by atoms with Gasteiger partial charge in [-0.15, -0.1) is 0 Å². The Bertz CT molecular complexity index is 1010. The Labute approximate surface area is 247 Å². The third-order valence-electron chi connectivity index (χ3n) is 6.97. The van der Waals surface area contributed by atoms with E-state index in [-0.39, 0.29) is 18.4 Å². The highest BCUT2D eigenvalue weighted by Gasteiger charge is 2.53. The van der Waals surface area contributed by atoms with Crippen LogP contribution in [0.4, 0.5) is 0 Å². The van der Waals surface area contributed by atoms with E-state index in [2.05, 4.69) is 54.3 Å². The molecule has 3 unspecified atom stereocenters. The molecule has 2 fully saturated rings. The minimum Gasteiger partial charge on any atom is -0.481 e. The van der Waals surface area contributed by atoms with E-state index in [1.54, 1.807) is 0 Å². The van der Waals surface area contributed by atoms with Crippen molar-refractivity contribution in [1.82, 2.24) is 26.6 Å². The summed E-state index contributed by atoms with van der Waals surface area (Å²) in [7, 11) is 0. The van der Waals surface area contributed by atoms with Gasteiger partial charge in [-0.3, -0.25) is 33.6 Å². The molecule has 5 atom stereocenters. The zero-order valence-electron chi connectivity index (χ0n) is 25.6. The monoisotopic (exact) mass is 596 g/mol. The van der Waals surface area contributed by atoms with Gasteiger partial charge in [0.1, 0.15) is 6.04 Å². The largest absolute Gasteiger partial charge is 0.481 e. The van der Waals surface area contributed by atoms with Crippen molar-refractivity contribution in [2.45, 2.75) is 91.6 Å². The first-order chi connectivity index (χ1) is 19.4. The van der Waals surface area contributed by atoms with Crippen molar-refractivity contribution in [2.24, 2.45) is 28.9 Å². The maximum absolute atomic E-state index is 12.6. The second kappa shape index (κ2) is 16.1. The Morgan fingerprint density at radius 2 is 1.40 bits per heavy atom. The first-order valence-corrected chi connectivity index (χ1v) is 14.3. The molecule has 6 amide bonds. The molecular formula is C28H48N6O8. The number of hydrogen-bond donors (Lipinski definition) is 7. The van der Waals surface area contributed by atoms with Crippen LogP contribution in [0.3, 0.4) is 0 Å². The van der Waals surface area contributed by atoms with Gasteiger partial charge in [0, 0.05) is 12.5 Å². The van der Waals surface area contributed by atoms with E-state index < -0.39 is 72.0 Å². The average Bonchev–Trinajstić information content (AvgIpc) is 2.82. The highest BCUT2D eigenvalue weighted by atomic mass is 16.4. The second-order valence-corrected chi connectivity index (χ2v) is 12.6. The Morgan fingerprint density at radius 1 is 0.881 bits per heavy atom. The highest BCUT2D eigenvalue weighted by molar-refractivity contribution is 5.93.